The van der Waals surface area contributed by atoms with Gasteiger partial charge in [0.1, 0.15) is 5.52 Å². The van der Waals surface area contributed by atoms with Crippen LogP contribution in [0.15, 0.2) is 33.9 Å². The zero-order valence-electron chi connectivity index (χ0n) is 14.7. The van der Waals surface area contributed by atoms with Gasteiger partial charge in [-0.15, -0.1) is 0 Å². The molecule has 0 aliphatic carbocycles. The summed E-state index contributed by atoms with van der Waals surface area (Å²) in [5.41, 5.74) is 1.76. The summed E-state index contributed by atoms with van der Waals surface area (Å²) in [6, 6.07) is 7.89. The van der Waals surface area contributed by atoms with Gasteiger partial charge in [-0.3, -0.25) is 9.34 Å². The van der Waals surface area contributed by atoms with Crippen LogP contribution in [0.25, 0.3) is 11.1 Å². The molecule has 9 heteroatoms. The minimum atomic E-state index is -1.79. The largest absolute Gasteiger partial charge is 0.431 e. The number of aromatic nitrogens is 1. The summed E-state index contributed by atoms with van der Waals surface area (Å²) in [5.74, 6) is 0.915. The Balaban J connectivity index is 1.44. The lowest BCUT2D eigenvalue weighted by atomic mass is 10.3. The predicted molar refractivity (Wildman–Crippen MR) is 109 cm³/mol. The molecule has 0 saturated carbocycles. The van der Waals surface area contributed by atoms with Crippen molar-refractivity contribution in [2.24, 2.45) is 0 Å². The maximum Gasteiger partial charge on any atom is 0.256 e. The molecule has 2 aliphatic rings. The van der Waals surface area contributed by atoms with Crippen LogP contribution in [0.5, 0.6) is 0 Å². The second kappa shape index (κ2) is 8.69. The molecule has 0 unspecified atom stereocenters. The number of ether oxygens (including phenoxy) is 2. The smallest absolute Gasteiger partial charge is 0.256 e. The standard InChI is InChI=1S/C17H24N3O3PS2/c25-24(19-5-9-21-10-6-19,20-7-11-22-12-8-20)13-14-26-17-18-15-3-1-2-4-16(15)23-17/h1-4H,5-14H2. The molecule has 2 fully saturated rings. The maximum absolute atomic E-state index is 6.31. The van der Waals surface area contributed by atoms with Crippen molar-refractivity contribution in [2.45, 2.75) is 5.22 Å². The van der Waals surface area contributed by atoms with Gasteiger partial charge in [0.05, 0.1) is 32.8 Å². The van der Waals surface area contributed by atoms with E-state index in [-0.39, 0.29) is 0 Å². The van der Waals surface area contributed by atoms with E-state index in [1.165, 1.54) is 0 Å². The van der Waals surface area contributed by atoms with Crippen LogP contribution in [0.3, 0.4) is 0 Å². The van der Waals surface area contributed by atoms with Crippen molar-refractivity contribution in [1.82, 2.24) is 14.3 Å². The minimum absolute atomic E-state index is 0.733. The maximum atomic E-state index is 6.31. The normalized spacial score (nSPS) is 20.6. The summed E-state index contributed by atoms with van der Waals surface area (Å²) in [6.07, 6.45) is -0.814. The molecular formula is C17H24N3O3PS2. The number of morpholine rings is 2. The Bertz CT molecular complexity index is 720. The zero-order valence-corrected chi connectivity index (χ0v) is 17.2. The molecule has 2 aliphatic heterocycles. The summed E-state index contributed by atoms with van der Waals surface area (Å²) < 4.78 is 21.9. The van der Waals surface area contributed by atoms with E-state index >= 15 is 0 Å². The van der Waals surface area contributed by atoms with Crippen molar-refractivity contribution in [3.8, 4) is 0 Å². The molecule has 6 nitrogen and oxygen atoms in total. The second-order valence-electron chi connectivity index (χ2n) is 6.32. The van der Waals surface area contributed by atoms with Crippen molar-refractivity contribution < 1.29 is 13.9 Å². The number of para-hydroxylation sites is 2. The van der Waals surface area contributed by atoms with Gasteiger partial charge in [0.25, 0.3) is 5.22 Å². The molecule has 1 aromatic carbocycles. The van der Waals surface area contributed by atoms with Crippen LogP contribution in [-0.4, -0.2) is 78.8 Å². The van der Waals surface area contributed by atoms with E-state index in [2.05, 4.69) is 14.3 Å². The van der Waals surface area contributed by atoms with Crippen LogP contribution < -0.4 is 0 Å². The lowest BCUT2D eigenvalue weighted by Crippen LogP contribution is -2.44. The van der Waals surface area contributed by atoms with E-state index < -0.39 is 6.34 Å². The number of oxazole rings is 1. The van der Waals surface area contributed by atoms with E-state index in [0.29, 0.717) is 0 Å². The molecule has 1 aromatic heterocycles. The third kappa shape index (κ3) is 4.17. The van der Waals surface area contributed by atoms with Gasteiger partial charge in [0.2, 0.25) is 0 Å². The SMILES string of the molecule is S=P(CCSc1nc2ccccc2o1)(N1CCOCC1)N1CCOCC1. The number of hydrogen-bond acceptors (Lipinski definition) is 6. The monoisotopic (exact) mass is 413 g/mol. The Hall–Kier alpha value is -0.470. The van der Waals surface area contributed by atoms with E-state index in [0.717, 1.165) is 80.8 Å². The van der Waals surface area contributed by atoms with Crippen LogP contribution in [0.4, 0.5) is 0 Å². The summed E-state index contributed by atoms with van der Waals surface area (Å²) >= 11 is 7.98. The zero-order chi connectivity index (χ0) is 17.8. The molecule has 0 spiro atoms. The summed E-state index contributed by atoms with van der Waals surface area (Å²) in [4.78, 5) is 4.56. The first kappa shape index (κ1) is 18.9. The van der Waals surface area contributed by atoms with Gasteiger partial charge in [-0.25, -0.2) is 4.98 Å². The highest BCUT2D eigenvalue weighted by Gasteiger charge is 2.34. The molecule has 142 valence electrons. The molecule has 0 N–H and O–H groups in total. The van der Waals surface area contributed by atoms with Gasteiger partial charge in [0, 0.05) is 38.1 Å². The van der Waals surface area contributed by atoms with Crippen molar-refractivity contribution >= 4 is 41.0 Å². The Labute approximate surface area is 163 Å². The van der Waals surface area contributed by atoms with Crippen molar-refractivity contribution in [3.05, 3.63) is 24.3 Å². The fourth-order valence-electron chi connectivity index (χ4n) is 3.36. The molecule has 2 saturated heterocycles. The predicted octanol–water partition coefficient (Wildman–Crippen LogP) is 2.89. The number of rotatable bonds is 6. The summed E-state index contributed by atoms with van der Waals surface area (Å²) in [7, 11) is 0. The van der Waals surface area contributed by atoms with Crippen molar-refractivity contribution in [1.29, 1.82) is 0 Å². The number of benzene rings is 1. The van der Waals surface area contributed by atoms with Crippen molar-refractivity contribution in [3.63, 3.8) is 0 Å². The Morgan fingerprint density at radius 2 is 1.62 bits per heavy atom. The Morgan fingerprint density at radius 3 is 2.23 bits per heavy atom. The highest BCUT2D eigenvalue weighted by Crippen LogP contribution is 2.54. The van der Waals surface area contributed by atoms with E-state index in [9.17, 15) is 0 Å². The van der Waals surface area contributed by atoms with Crippen molar-refractivity contribution in [2.75, 3.05) is 64.5 Å². The van der Waals surface area contributed by atoms with Gasteiger partial charge in [-0.05, 0) is 12.1 Å². The van der Waals surface area contributed by atoms with Gasteiger partial charge in [-0.2, -0.15) is 0 Å². The van der Waals surface area contributed by atoms with Gasteiger partial charge < -0.3 is 13.9 Å². The quantitative estimate of drug-likeness (QED) is 0.529. The van der Waals surface area contributed by atoms with Gasteiger partial charge in [-0.1, -0.05) is 35.7 Å². The molecule has 4 rings (SSSR count). The van der Waals surface area contributed by atoms with Crippen LogP contribution in [-0.2, 0) is 21.3 Å². The third-order valence-electron chi connectivity index (χ3n) is 4.74. The minimum Gasteiger partial charge on any atom is -0.431 e. The lowest BCUT2D eigenvalue weighted by Gasteiger charge is -2.45. The summed E-state index contributed by atoms with van der Waals surface area (Å²) in [5, 5.41) is 0.733. The van der Waals surface area contributed by atoms with E-state index in [1.807, 2.05) is 24.3 Å². The number of fused-ring (bicyclic) bond motifs is 1. The van der Waals surface area contributed by atoms with Gasteiger partial charge in [0.15, 0.2) is 5.58 Å². The number of hydrogen-bond donors (Lipinski definition) is 0. The molecule has 3 heterocycles. The average Bonchev–Trinajstić information content (AvgIpc) is 3.12. The fourth-order valence-corrected chi connectivity index (χ4v) is 9.31. The Kier molecular flexibility index (Phi) is 6.31. The first-order chi connectivity index (χ1) is 12.8. The molecule has 0 atom stereocenters. The first-order valence-corrected chi connectivity index (χ1v) is 12.9. The third-order valence-corrected chi connectivity index (χ3v) is 11.2. The molecule has 0 amide bonds. The molecule has 0 bridgehead atoms. The lowest BCUT2D eigenvalue weighted by molar-refractivity contribution is 0.0580. The topological polar surface area (TPSA) is 51.0 Å². The first-order valence-electron chi connectivity index (χ1n) is 8.99. The van der Waals surface area contributed by atoms with E-state index in [1.54, 1.807) is 11.8 Å². The molecular weight excluding hydrogens is 389 g/mol. The van der Waals surface area contributed by atoms with Crippen LogP contribution in [0, 0.1) is 0 Å². The second-order valence-corrected chi connectivity index (χ2v) is 12.0. The number of nitrogens with zero attached hydrogens (tertiary/aromatic N) is 3. The van der Waals surface area contributed by atoms with Crippen LogP contribution >= 0.6 is 18.1 Å². The van der Waals surface area contributed by atoms with E-state index in [4.69, 9.17) is 25.7 Å². The van der Waals surface area contributed by atoms with Crippen LogP contribution in [0.2, 0.25) is 0 Å². The highest BCUT2D eigenvalue weighted by atomic mass is 32.4. The fraction of sp³-hybridized carbons (Fsp3) is 0.588. The van der Waals surface area contributed by atoms with Gasteiger partial charge >= 0.3 is 0 Å². The average molecular weight is 414 g/mol. The van der Waals surface area contributed by atoms with Crippen LogP contribution in [0.1, 0.15) is 0 Å². The molecule has 2 aromatic rings. The summed E-state index contributed by atoms with van der Waals surface area (Å²) in [6.45, 7) is 6.85. The Morgan fingerprint density at radius 1 is 1.00 bits per heavy atom. The molecule has 0 radical (unpaired) electrons. The number of thioether (sulfide) groups is 1. The molecule has 26 heavy (non-hydrogen) atoms. The highest BCUT2D eigenvalue weighted by molar-refractivity contribution is 8.12.